The zero-order valence-corrected chi connectivity index (χ0v) is 16.6. The van der Waals surface area contributed by atoms with Gasteiger partial charge in [-0.05, 0) is 42.9 Å². The summed E-state index contributed by atoms with van der Waals surface area (Å²) in [7, 11) is 1.16. The number of nitrogens with zero attached hydrogens (tertiary/aromatic N) is 1. The molecule has 3 rings (SSSR count). The number of carbonyl (C=O) groups excluding carboxylic acids is 3. The van der Waals surface area contributed by atoms with E-state index >= 15 is 0 Å². The molecule has 0 radical (unpaired) electrons. The van der Waals surface area contributed by atoms with Crippen LogP contribution in [-0.2, 0) is 17.6 Å². The molecule has 0 bridgehead atoms. The Balaban J connectivity index is 1.91. The molecule has 152 valence electrons. The molecular formula is C19H19N3O6S. The molecule has 2 aromatic rings. The molecule has 10 heteroatoms. The Morgan fingerprint density at radius 1 is 1.21 bits per heavy atom. The molecule has 2 N–H and O–H groups in total. The fraction of sp³-hybridized carbons (Fsp3) is 0.316. The third-order valence-corrected chi connectivity index (χ3v) is 5.88. The van der Waals surface area contributed by atoms with E-state index in [-0.39, 0.29) is 16.8 Å². The lowest BCUT2D eigenvalue weighted by molar-refractivity contribution is -0.384. The minimum Gasteiger partial charge on any atom is -0.453 e. The van der Waals surface area contributed by atoms with Gasteiger partial charge in [0.15, 0.2) is 0 Å². The van der Waals surface area contributed by atoms with E-state index in [9.17, 15) is 24.5 Å². The Kier molecular flexibility index (Phi) is 5.92. The molecular weight excluding hydrogens is 398 g/mol. The predicted octanol–water partition coefficient (Wildman–Crippen LogP) is 3.53. The van der Waals surface area contributed by atoms with Crippen molar-refractivity contribution < 1.29 is 24.0 Å². The minimum absolute atomic E-state index is 0.125. The summed E-state index contributed by atoms with van der Waals surface area (Å²) >= 11 is 1.31. The van der Waals surface area contributed by atoms with Crippen molar-refractivity contribution in [3.63, 3.8) is 0 Å². The number of alkyl carbamates (subject to hydrolysis) is 1. The van der Waals surface area contributed by atoms with Crippen LogP contribution in [0.25, 0.3) is 0 Å². The maximum absolute atomic E-state index is 12.7. The van der Waals surface area contributed by atoms with Gasteiger partial charge in [0.25, 0.3) is 17.5 Å². The van der Waals surface area contributed by atoms with Gasteiger partial charge in [-0.1, -0.05) is 6.92 Å². The monoisotopic (exact) mass is 417 g/mol. The minimum atomic E-state index is -0.883. The molecule has 9 nitrogen and oxygen atoms in total. The highest BCUT2D eigenvalue weighted by atomic mass is 32.1. The van der Waals surface area contributed by atoms with Crippen molar-refractivity contribution in [3.8, 4) is 0 Å². The Hall–Kier alpha value is -3.27. The second-order valence-electron chi connectivity index (χ2n) is 6.76. The second-order valence-corrected chi connectivity index (χ2v) is 7.86. The number of nitro benzene ring substituents is 1. The van der Waals surface area contributed by atoms with E-state index in [1.54, 1.807) is 0 Å². The quantitative estimate of drug-likeness (QED) is 0.579. The number of ether oxygens (including phenoxy) is 1. The number of amides is 3. The van der Waals surface area contributed by atoms with Crippen molar-refractivity contribution in [2.45, 2.75) is 26.2 Å². The first-order valence-corrected chi connectivity index (χ1v) is 9.71. The average molecular weight is 417 g/mol. The summed E-state index contributed by atoms with van der Waals surface area (Å²) in [6.45, 7) is 2.12. The summed E-state index contributed by atoms with van der Waals surface area (Å²) in [5, 5.41) is 16.0. The number of thiophene rings is 1. The van der Waals surface area contributed by atoms with Crippen LogP contribution in [0.15, 0.2) is 24.3 Å². The van der Waals surface area contributed by atoms with Crippen LogP contribution in [0.4, 0.5) is 15.5 Å². The van der Waals surface area contributed by atoms with Gasteiger partial charge in [0.05, 0.1) is 17.6 Å². The van der Waals surface area contributed by atoms with Crippen molar-refractivity contribution in [1.29, 1.82) is 0 Å². The molecule has 1 aromatic carbocycles. The first-order valence-electron chi connectivity index (χ1n) is 8.89. The first-order chi connectivity index (χ1) is 13.8. The van der Waals surface area contributed by atoms with Crippen molar-refractivity contribution in [3.05, 3.63) is 55.9 Å². The highest BCUT2D eigenvalue weighted by molar-refractivity contribution is 7.17. The summed E-state index contributed by atoms with van der Waals surface area (Å²) in [4.78, 5) is 48.0. The van der Waals surface area contributed by atoms with Gasteiger partial charge < -0.3 is 10.1 Å². The van der Waals surface area contributed by atoms with Crippen LogP contribution in [0, 0.1) is 16.0 Å². The van der Waals surface area contributed by atoms with Crippen LogP contribution >= 0.6 is 11.3 Å². The lowest BCUT2D eigenvalue weighted by Crippen LogP contribution is -2.31. The van der Waals surface area contributed by atoms with E-state index in [4.69, 9.17) is 0 Å². The number of imide groups is 1. The average Bonchev–Trinajstić information content (AvgIpc) is 3.04. The van der Waals surface area contributed by atoms with Gasteiger partial charge in [-0.3, -0.25) is 25.0 Å². The maximum Gasteiger partial charge on any atom is 0.413 e. The van der Waals surface area contributed by atoms with Gasteiger partial charge in [0.1, 0.15) is 5.00 Å². The third-order valence-electron chi connectivity index (χ3n) is 4.71. The molecule has 29 heavy (non-hydrogen) atoms. The van der Waals surface area contributed by atoms with Crippen molar-refractivity contribution in [2.75, 3.05) is 12.4 Å². The SMILES string of the molecule is COC(=O)NC(=O)c1c(NC(=O)c2ccc([N+](=O)[O-])cc2)sc2c1CC[C@H](C)C2. The molecule has 0 aliphatic heterocycles. The summed E-state index contributed by atoms with van der Waals surface area (Å²) in [6.07, 6.45) is 1.47. The number of benzene rings is 1. The number of carbonyl (C=O) groups is 3. The number of hydrogen-bond donors (Lipinski definition) is 2. The molecule has 0 saturated carbocycles. The van der Waals surface area contributed by atoms with E-state index in [1.165, 1.54) is 35.6 Å². The number of fused-ring (bicyclic) bond motifs is 1. The lowest BCUT2D eigenvalue weighted by atomic mass is 9.88. The Morgan fingerprint density at radius 2 is 1.90 bits per heavy atom. The fourth-order valence-electron chi connectivity index (χ4n) is 3.20. The number of anilines is 1. The molecule has 1 aliphatic carbocycles. The van der Waals surface area contributed by atoms with Crippen LogP contribution in [0.1, 0.15) is 44.5 Å². The summed E-state index contributed by atoms with van der Waals surface area (Å²) in [5.74, 6) is -0.683. The van der Waals surface area contributed by atoms with Crippen molar-refractivity contribution in [2.24, 2.45) is 5.92 Å². The van der Waals surface area contributed by atoms with E-state index in [1.807, 2.05) is 0 Å². The van der Waals surface area contributed by atoms with E-state index < -0.39 is 22.8 Å². The molecule has 1 heterocycles. The lowest BCUT2D eigenvalue weighted by Gasteiger charge is -2.18. The maximum atomic E-state index is 12.7. The zero-order valence-electron chi connectivity index (χ0n) is 15.8. The molecule has 1 atom stereocenters. The largest absolute Gasteiger partial charge is 0.453 e. The molecule has 0 fully saturated rings. The van der Waals surface area contributed by atoms with Crippen LogP contribution in [0.5, 0.6) is 0 Å². The topological polar surface area (TPSA) is 128 Å². The highest BCUT2D eigenvalue weighted by Crippen LogP contribution is 2.39. The van der Waals surface area contributed by atoms with Crippen LogP contribution in [-0.4, -0.2) is 29.9 Å². The van der Waals surface area contributed by atoms with Gasteiger partial charge in [-0.15, -0.1) is 11.3 Å². The molecule has 0 saturated heterocycles. The second kappa shape index (κ2) is 8.39. The number of nitro groups is 1. The van der Waals surface area contributed by atoms with Gasteiger partial charge in [-0.2, -0.15) is 0 Å². The van der Waals surface area contributed by atoms with Crippen LogP contribution in [0.3, 0.4) is 0 Å². The van der Waals surface area contributed by atoms with E-state index in [0.717, 1.165) is 30.4 Å². The molecule has 0 spiro atoms. The number of hydrogen-bond acceptors (Lipinski definition) is 7. The summed E-state index contributed by atoms with van der Waals surface area (Å²) < 4.78 is 4.49. The van der Waals surface area contributed by atoms with Crippen LogP contribution < -0.4 is 10.6 Å². The van der Waals surface area contributed by atoms with E-state index in [2.05, 4.69) is 22.3 Å². The van der Waals surface area contributed by atoms with Gasteiger partial charge in [0, 0.05) is 22.6 Å². The predicted molar refractivity (Wildman–Crippen MR) is 106 cm³/mol. The number of methoxy groups -OCH3 is 1. The zero-order chi connectivity index (χ0) is 21.1. The van der Waals surface area contributed by atoms with Crippen molar-refractivity contribution >= 4 is 39.9 Å². The normalized spacial score (nSPS) is 15.2. The number of non-ortho nitro benzene ring substituents is 1. The first kappa shape index (κ1) is 20.5. The van der Waals surface area contributed by atoms with Gasteiger partial charge in [0.2, 0.25) is 0 Å². The fourth-order valence-corrected chi connectivity index (χ4v) is 4.60. The van der Waals surface area contributed by atoms with Crippen LogP contribution in [0.2, 0.25) is 0 Å². The number of rotatable bonds is 4. The molecule has 1 aliphatic rings. The Morgan fingerprint density at radius 3 is 2.52 bits per heavy atom. The smallest absolute Gasteiger partial charge is 0.413 e. The Bertz CT molecular complexity index is 983. The van der Waals surface area contributed by atoms with E-state index in [0.29, 0.717) is 17.3 Å². The highest BCUT2D eigenvalue weighted by Gasteiger charge is 2.29. The number of nitrogens with one attached hydrogen (secondary N) is 2. The summed E-state index contributed by atoms with van der Waals surface area (Å²) in [6, 6.07) is 5.16. The standard InChI is InChI=1S/C19H19N3O6S/c1-10-3-8-13-14(9-10)29-18(15(13)17(24)21-19(25)28-2)20-16(23)11-4-6-12(7-5-11)22(26)27/h4-7,10H,3,8-9H2,1-2H3,(H,20,23)(H,21,24,25)/t10-/m0/s1. The molecule has 0 unspecified atom stereocenters. The Labute approximate surface area is 170 Å². The van der Waals surface area contributed by atoms with Gasteiger partial charge in [-0.25, -0.2) is 4.79 Å². The van der Waals surface area contributed by atoms with Crippen molar-refractivity contribution in [1.82, 2.24) is 5.32 Å². The third kappa shape index (κ3) is 4.43. The molecule has 1 aromatic heterocycles. The molecule has 3 amide bonds. The van der Waals surface area contributed by atoms with Gasteiger partial charge >= 0.3 is 6.09 Å². The summed E-state index contributed by atoms with van der Waals surface area (Å²) in [5.41, 5.74) is 1.18.